The van der Waals surface area contributed by atoms with Gasteiger partial charge in [-0.2, -0.15) is 0 Å². The molecule has 18 heavy (non-hydrogen) atoms. The topological polar surface area (TPSA) is 95.5 Å². The highest BCUT2D eigenvalue weighted by Crippen LogP contribution is 2.19. The van der Waals surface area contributed by atoms with E-state index in [2.05, 4.69) is 0 Å². The predicted molar refractivity (Wildman–Crippen MR) is 66.2 cm³/mol. The third kappa shape index (κ3) is 4.40. The van der Waals surface area contributed by atoms with E-state index in [0.29, 0.717) is 12.8 Å². The molecule has 6 nitrogen and oxygen atoms in total. The average Bonchev–Trinajstić information content (AvgIpc) is 2.25. The Hall–Kier alpha value is -2.11. The molecule has 1 rings (SSSR count). The average molecular weight is 252 g/mol. The summed E-state index contributed by atoms with van der Waals surface area (Å²) in [6.45, 7) is 3.53. The molecule has 0 heterocycles. The summed E-state index contributed by atoms with van der Waals surface area (Å²) in [7, 11) is 0. The molecule has 0 aliphatic carbocycles. The number of nitrogens with two attached hydrogens (primary N) is 1. The second kappa shape index (κ2) is 5.48. The van der Waals surface area contributed by atoms with Crippen LogP contribution in [0.3, 0.4) is 0 Å². The first-order valence-corrected chi connectivity index (χ1v) is 5.52. The summed E-state index contributed by atoms with van der Waals surface area (Å²) in [5.41, 5.74) is 5.33. The van der Waals surface area contributed by atoms with E-state index in [-0.39, 0.29) is 5.69 Å². The van der Waals surface area contributed by atoms with Crippen molar-refractivity contribution < 1.29 is 14.5 Å². The van der Waals surface area contributed by atoms with Gasteiger partial charge in [-0.05, 0) is 32.3 Å². The van der Waals surface area contributed by atoms with E-state index in [1.54, 1.807) is 26.0 Å². The molecular weight excluding hydrogens is 236 g/mol. The van der Waals surface area contributed by atoms with Gasteiger partial charge in [-0.25, -0.2) is 4.79 Å². The fourth-order valence-corrected chi connectivity index (χ4v) is 1.55. The molecule has 0 aromatic heterocycles. The van der Waals surface area contributed by atoms with Crippen LogP contribution < -0.4 is 5.73 Å². The number of hydrogen-bond donors (Lipinski definition) is 1. The molecular formula is C12H16N2O4. The van der Waals surface area contributed by atoms with Crippen molar-refractivity contribution in [1.82, 2.24) is 0 Å². The smallest absolute Gasteiger partial charge is 0.405 e. The molecule has 0 spiro atoms. The number of non-ortho nitro benzene ring substituents is 1. The van der Waals surface area contributed by atoms with Gasteiger partial charge in [0.25, 0.3) is 5.69 Å². The zero-order valence-corrected chi connectivity index (χ0v) is 10.4. The Balaban J connectivity index is 2.58. The minimum Gasteiger partial charge on any atom is -0.444 e. The Morgan fingerprint density at radius 1 is 1.39 bits per heavy atom. The van der Waals surface area contributed by atoms with Gasteiger partial charge in [0, 0.05) is 12.1 Å². The molecule has 0 bridgehead atoms. The maximum absolute atomic E-state index is 10.7. The number of benzene rings is 1. The molecule has 1 amide bonds. The van der Waals surface area contributed by atoms with Gasteiger partial charge >= 0.3 is 6.09 Å². The maximum Gasteiger partial charge on any atom is 0.405 e. The standard InChI is InChI=1S/C12H16N2O4/c1-12(2,18-11(13)15)8-7-9-3-5-10(6-4-9)14(16)17/h3-6H,7-8H2,1-2H3,(H2,13,15). The third-order valence-corrected chi connectivity index (χ3v) is 2.54. The van der Waals surface area contributed by atoms with E-state index >= 15 is 0 Å². The number of hydrogen-bond acceptors (Lipinski definition) is 4. The monoisotopic (exact) mass is 252 g/mol. The Bertz CT molecular complexity index is 440. The normalized spacial score (nSPS) is 11.0. The van der Waals surface area contributed by atoms with Crippen LogP contribution in [0, 0.1) is 10.1 Å². The van der Waals surface area contributed by atoms with Crippen LogP contribution in [0.25, 0.3) is 0 Å². The first-order valence-electron chi connectivity index (χ1n) is 5.52. The molecule has 98 valence electrons. The third-order valence-electron chi connectivity index (χ3n) is 2.54. The largest absolute Gasteiger partial charge is 0.444 e. The van der Waals surface area contributed by atoms with Crippen molar-refractivity contribution in [3.63, 3.8) is 0 Å². The molecule has 1 aromatic rings. The van der Waals surface area contributed by atoms with Gasteiger partial charge < -0.3 is 10.5 Å². The van der Waals surface area contributed by atoms with E-state index in [0.717, 1.165) is 5.56 Å². The molecule has 1 aromatic carbocycles. The molecule has 0 fully saturated rings. The number of nitro groups is 1. The number of carbonyl (C=O) groups is 1. The fourth-order valence-electron chi connectivity index (χ4n) is 1.55. The van der Waals surface area contributed by atoms with Crippen molar-refractivity contribution >= 4 is 11.8 Å². The second-order valence-corrected chi connectivity index (χ2v) is 4.60. The van der Waals surface area contributed by atoms with Crippen LogP contribution in [0.4, 0.5) is 10.5 Å². The Labute approximate surface area is 105 Å². The molecule has 6 heteroatoms. The number of nitro benzene ring substituents is 1. The van der Waals surface area contributed by atoms with Crippen LogP contribution in [-0.4, -0.2) is 16.6 Å². The number of primary amides is 1. The quantitative estimate of drug-likeness (QED) is 0.642. The van der Waals surface area contributed by atoms with E-state index in [1.807, 2.05) is 0 Å². The lowest BCUT2D eigenvalue weighted by molar-refractivity contribution is -0.384. The van der Waals surface area contributed by atoms with Crippen LogP contribution >= 0.6 is 0 Å². The highest BCUT2D eigenvalue weighted by atomic mass is 16.6. The van der Waals surface area contributed by atoms with Crippen molar-refractivity contribution in [2.24, 2.45) is 5.73 Å². The molecule has 0 saturated heterocycles. The van der Waals surface area contributed by atoms with Crippen LogP contribution in [0.1, 0.15) is 25.8 Å². The Kier molecular flexibility index (Phi) is 4.25. The van der Waals surface area contributed by atoms with Crippen molar-refractivity contribution in [3.8, 4) is 0 Å². The zero-order valence-electron chi connectivity index (χ0n) is 10.4. The van der Waals surface area contributed by atoms with Gasteiger partial charge in [0.2, 0.25) is 0 Å². The number of ether oxygens (including phenoxy) is 1. The Morgan fingerprint density at radius 2 is 1.94 bits per heavy atom. The lowest BCUT2D eigenvalue weighted by atomic mass is 9.98. The van der Waals surface area contributed by atoms with E-state index in [1.165, 1.54) is 12.1 Å². The fraction of sp³-hybridized carbons (Fsp3) is 0.417. The maximum atomic E-state index is 10.7. The molecule has 0 saturated carbocycles. The van der Waals surface area contributed by atoms with Crippen molar-refractivity contribution in [1.29, 1.82) is 0 Å². The number of amides is 1. The van der Waals surface area contributed by atoms with Crippen LogP contribution in [0.5, 0.6) is 0 Å². The lowest BCUT2D eigenvalue weighted by Crippen LogP contribution is -2.31. The van der Waals surface area contributed by atoms with Gasteiger partial charge in [-0.1, -0.05) is 12.1 Å². The number of carbonyl (C=O) groups excluding carboxylic acids is 1. The predicted octanol–water partition coefficient (Wildman–Crippen LogP) is 2.40. The second-order valence-electron chi connectivity index (χ2n) is 4.60. The first-order chi connectivity index (χ1) is 8.30. The van der Waals surface area contributed by atoms with Gasteiger partial charge in [-0.15, -0.1) is 0 Å². The summed E-state index contributed by atoms with van der Waals surface area (Å²) in [5, 5.41) is 10.5. The number of rotatable bonds is 5. The Morgan fingerprint density at radius 3 is 2.39 bits per heavy atom. The van der Waals surface area contributed by atoms with E-state index < -0.39 is 16.6 Å². The highest BCUT2D eigenvalue weighted by molar-refractivity contribution is 5.65. The van der Waals surface area contributed by atoms with Gasteiger partial charge in [-0.3, -0.25) is 10.1 Å². The van der Waals surface area contributed by atoms with Crippen molar-refractivity contribution in [2.45, 2.75) is 32.3 Å². The molecule has 0 aliphatic heterocycles. The van der Waals surface area contributed by atoms with E-state index in [4.69, 9.17) is 10.5 Å². The summed E-state index contributed by atoms with van der Waals surface area (Å²) >= 11 is 0. The minimum absolute atomic E-state index is 0.0615. The van der Waals surface area contributed by atoms with Crippen LogP contribution in [-0.2, 0) is 11.2 Å². The first kappa shape index (κ1) is 14.0. The highest BCUT2D eigenvalue weighted by Gasteiger charge is 2.21. The van der Waals surface area contributed by atoms with Gasteiger partial charge in [0.15, 0.2) is 0 Å². The van der Waals surface area contributed by atoms with Crippen LogP contribution in [0.2, 0.25) is 0 Å². The lowest BCUT2D eigenvalue weighted by Gasteiger charge is -2.23. The molecule has 0 atom stereocenters. The van der Waals surface area contributed by atoms with Gasteiger partial charge in [0.1, 0.15) is 5.60 Å². The van der Waals surface area contributed by atoms with E-state index in [9.17, 15) is 14.9 Å². The summed E-state index contributed by atoms with van der Waals surface area (Å²) in [4.78, 5) is 20.7. The molecule has 0 aliphatic rings. The number of aryl methyl sites for hydroxylation is 1. The SMILES string of the molecule is CC(C)(CCc1ccc([N+](=O)[O-])cc1)OC(N)=O. The zero-order chi connectivity index (χ0) is 13.8. The van der Waals surface area contributed by atoms with Crippen LogP contribution in [0.15, 0.2) is 24.3 Å². The minimum atomic E-state index is -0.802. The van der Waals surface area contributed by atoms with Crippen molar-refractivity contribution in [2.75, 3.05) is 0 Å². The van der Waals surface area contributed by atoms with Gasteiger partial charge in [0.05, 0.1) is 4.92 Å². The molecule has 0 unspecified atom stereocenters. The molecule has 2 N–H and O–H groups in total. The summed E-state index contributed by atoms with van der Waals surface area (Å²) in [6, 6.07) is 6.30. The number of nitrogens with zero attached hydrogens (tertiary/aromatic N) is 1. The molecule has 0 radical (unpaired) electrons. The summed E-state index contributed by atoms with van der Waals surface area (Å²) in [5.74, 6) is 0. The summed E-state index contributed by atoms with van der Waals surface area (Å²) < 4.78 is 4.95. The van der Waals surface area contributed by atoms with Crippen molar-refractivity contribution in [3.05, 3.63) is 39.9 Å². The summed E-state index contributed by atoms with van der Waals surface area (Å²) in [6.07, 6.45) is 0.440.